The van der Waals surface area contributed by atoms with E-state index in [1.54, 1.807) is 0 Å². The maximum Gasteiger partial charge on any atom is 0.698 e. The molecule has 6 heteroatoms. The van der Waals surface area contributed by atoms with Gasteiger partial charge < -0.3 is 0 Å². The zero-order valence-electron chi connectivity index (χ0n) is 11.9. The van der Waals surface area contributed by atoms with Crippen LogP contribution in [0, 0.1) is 0 Å². The minimum Gasteiger partial charge on any atom is -0.114 e. The van der Waals surface area contributed by atoms with Crippen molar-refractivity contribution in [1.82, 2.24) is 0 Å². The van der Waals surface area contributed by atoms with E-state index in [0.29, 0.717) is 0 Å². The number of alkyl halides is 2. The molecule has 0 spiro atoms. The standard InChI is InChI=1S/C16H16Br2O3P/c17-9-13-1-5-15(6-2-13)11-20-22(19)21-12-16-7-3-14(10-18)4-8-16/h1-8H,9-12H2/q+1. The second-order valence-corrected chi connectivity index (χ2v) is 6.76. The third-order valence-electron chi connectivity index (χ3n) is 3.03. The number of benzene rings is 2. The van der Waals surface area contributed by atoms with Crippen LogP contribution >= 0.6 is 40.1 Å². The number of hydrogen-bond acceptors (Lipinski definition) is 3. The van der Waals surface area contributed by atoms with E-state index in [-0.39, 0.29) is 13.2 Å². The van der Waals surface area contributed by atoms with Crippen molar-refractivity contribution in [2.24, 2.45) is 0 Å². The molecule has 0 aromatic heterocycles. The molecule has 0 unspecified atom stereocenters. The van der Waals surface area contributed by atoms with Crippen LogP contribution in [0.4, 0.5) is 0 Å². The first-order chi connectivity index (χ1) is 10.7. The summed E-state index contributed by atoms with van der Waals surface area (Å²) >= 11 is 6.79. The van der Waals surface area contributed by atoms with Gasteiger partial charge in [0.05, 0.1) is 0 Å². The van der Waals surface area contributed by atoms with Crippen molar-refractivity contribution in [1.29, 1.82) is 0 Å². The predicted molar refractivity (Wildman–Crippen MR) is 95.3 cm³/mol. The van der Waals surface area contributed by atoms with Gasteiger partial charge in [-0.25, -0.2) is 0 Å². The molecular weight excluding hydrogens is 431 g/mol. The second-order valence-electron chi connectivity index (χ2n) is 4.67. The monoisotopic (exact) mass is 445 g/mol. The summed E-state index contributed by atoms with van der Waals surface area (Å²) in [5.41, 5.74) is 4.32. The Balaban J connectivity index is 1.74. The third-order valence-corrected chi connectivity index (χ3v) is 5.00. The first kappa shape index (κ1) is 17.8. The summed E-state index contributed by atoms with van der Waals surface area (Å²) in [6.45, 7) is 0.556. The molecule has 0 saturated carbocycles. The topological polar surface area (TPSA) is 35.5 Å². The van der Waals surface area contributed by atoms with Gasteiger partial charge in [-0.2, -0.15) is 0 Å². The smallest absolute Gasteiger partial charge is 0.114 e. The molecule has 0 atom stereocenters. The van der Waals surface area contributed by atoms with Crippen LogP contribution in [0.2, 0.25) is 0 Å². The lowest BCUT2D eigenvalue weighted by Gasteiger charge is -1.99. The molecule has 0 heterocycles. The Hall–Kier alpha value is -0.580. The average molecular weight is 447 g/mol. The minimum atomic E-state index is -2.12. The van der Waals surface area contributed by atoms with Crippen LogP contribution in [0.5, 0.6) is 0 Å². The van der Waals surface area contributed by atoms with E-state index in [4.69, 9.17) is 9.05 Å². The molecule has 0 aliphatic carbocycles. The maximum atomic E-state index is 11.7. The van der Waals surface area contributed by atoms with Gasteiger partial charge in [-0.1, -0.05) is 80.4 Å². The van der Waals surface area contributed by atoms with Gasteiger partial charge in [-0.3, -0.25) is 0 Å². The van der Waals surface area contributed by atoms with E-state index < -0.39 is 8.25 Å². The van der Waals surface area contributed by atoms with Gasteiger partial charge in [0.1, 0.15) is 13.2 Å². The Morgan fingerprint density at radius 2 is 1.00 bits per heavy atom. The Labute approximate surface area is 148 Å². The number of rotatable bonds is 8. The molecule has 0 amide bonds. The molecule has 0 aliphatic rings. The van der Waals surface area contributed by atoms with Crippen molar-refractivity contribution in [2.75, 3.05) is 0 Å². The highest BCUT2D eigenvalue weighted by molar-refractivity contribution is 9.08. The lowest BCUT2D eigenvalue weighted by molar-refractivity contribution is 0.213. The van der Waals surface area contributed by atoms with Crippen LogP contribution in [0.1, 0.15) is 22.3 Å². The van der Waals surface area contributed by atoms with Crippen molar-refractivity contribution in [3.63, 3.8) is 0 Å². The summed E-state index contributed by atoms with van der Waals surface area (Å²) in [5.74, 6) is 0. The van der Waals surface area contributed by atoms with Crippen molar-refractivity contribution in [2.45, 2.75) is 23.9 Å². The molecule has 0 aliphatic heterocycles. The second kappa shape index (κ2) is 9.53. The van der Waals surface area contributed by atoms with E-state index in [0.717, 1.165) is 21.8 Å². The third kappa shape index (κ3) is 5.90. The molecule has 2 aromatic carbocycles. The van der Waals surface area contributed by atoms with Gasteiger partial charge in [0.25, 0.3) is 0 Å². The molecule has 3 nitrogen and oxygen atoms in total. The van der Waals surface area contributed by atoms with Crippen LogP contribution < -0.4 is 0 Å². The predicted octanol–water partition coefficient (Wildman–Crippen LogP) is 5.87. The highest BCUT2D eigenvalue weighted by Crippen LogP contribution is 2.27. The van der Waals surface area contributed by atoms with Gasteiger partial charge in [-0.15, -0.1) is 9.05 Å². The molecule has 0 N–H and O–H groups in total. The fourth-order valence-electron chi connectivity index (χ4n) is 1.74. The maximum absolute atomic E-state index is 11.7. The molecule has 116 valence electrons. The fraction of sp³-hybridized carbons (Fsp3) is 0.250. The summed E-state index contributed by atoms with van der Waals surface area (Å²) < 4.78 is 22.2. The Kier molecular flexibility index (Phi) is 7.70. The van der Waals surface area contributed by atoms with E-state index in [9.17, 15) is 4.57 Å². The lowest BCUT2D eigenvalue weighted by Crippen LogP contribution is -1.91. The van der Waals surface area contributed by atoms with Crippen molar-refractivity contribution < 1.29 is 13.6 Å². The highest BCUT2D eigenvalue weighted by atomic mass is 79.9. The fourth-order valence-corrected chi connectivity index (χ4v) is 3.07. The van der Waals surface area contributed by atoms with Gasteiger partial charge >= 0.3 is 8.25 Å². The van der Waals surface area contributed by atoms with Crippen LogP contribution in [0.3, 0.4) is 0 Å². The van der Waals surface area contributed by atoms with Crippen LogP contribution in [0.15, 0.2) is 48.5 Å². The summed E-state index contributed by atoms with van der Waals surface area (Å²) in [5, 5.41) is 1.64. The molecule has 2 aromatic rings. The normalized spacial score (nSPS) is 10.6. The summed E-state index contributed by atoms with van der Waals surface area (Å²) in [7, 11) is -2.12. The number of halogens is 2. The molecular formula is C16H16Br2O3P+. The van der Waals surface area contributed by atoms with Gasteiger partial charge in [0, 0.05) is 15.2 Å². The first-order valence-corrected chi connectivity index (χ1v) is 10.1. The summed E-state index contributed by atoms with van der Waals surface area (Å²) in [6.07, 6.45) is 0. The zero-order valence-corrected chi connectivity index (χ0v) is 15.9. The minimum absolute atomic E-state index is 0.278. The van der Waals surface area contributed by atoms with E-state index in [1.807, 2.05) is 48.5 Å². The molecule has 0 radical (unpaired) electrons. The zero-order chi connectivity index (χ0) is 15.8. The highest BCUT2D eigenvalue weighted by Gasteiger charge is 2.20. The largest absolute Gasteiger partial charge is 0.698 e. The Morgan fingerprint density at radius 1 is 0.682 bits per heavy atom. The Morgan fingerprint density at radius 3 is 1.32 bits per heavy atom. The van der Waals surface area contributed by atoms with Gasteiger partial charge in [-0.05, 0) is 22.3 Å². The quantitative estimate of drug-likeness (QED) is 0.376. The number of hydrogen-bond donors (Lipinski definition) is 0. The van der Waals surface area contributed by atoms with E-state index in [2.05, 4.69) is 31.9 Å². The van der Waals surface area contributed by atoms with E-state index in [1.165, 1.54) is 11.1 Å². The molecule has 2 rings (SSSR count). The van der Waals surface area contributed by atoms with Gasteiger partial charge in [0.2, 0.25) is 0 Å². The molecule has 22 heavy (non-hydrogen) atoms. The first-order valence-electron chi connectivity index (χ1n) is 6.72. The SMILES string of the molecule is O=[P+](OCc1ccc(CBr)cc1)OCc1ccc(CBr)cc1. The summed E-state index contributed by atoms with van der Waals surface area (Å²) in [6, 6.07) is 15.9. The van der Waals surface area contributed by atoms with Gasteiger partial charge in [0.15, 0.2) is 0 Å². The molecule has 0 bridgehead atoms. The molecule has 0 fully saturated rings. The van der Waals surface area contributed by atoms with Crippen LogP contribution in [-0.4, -0.2) is 0 Å². The van der Waals surface area contributed by atoms with Crippen LogP contribution in [0.25, 0.3) is 0 Å². The summed E-state index contributed by atoms with van der Waals surface area (Å²) in [4.78, 5) is 0. The lowest BCUT2D eigenvalue weighted by atomic mass is 10.2. The van der Waals surface area contributed by atoms with Crippen molar-refractivity contribution in [3.8, 4) is 0 Å². The Bertz CT molecular complexity index is 546. The van der Waals surface area contributed by atoms with E-state index >= 15 is 0 Å². The average Bonchev–Trinajstić information content (AvgIpc) is 2.59. The van der Waals surface area contributed by atoms with Crippen LogP contribution in [-0.2, 0) is 37.5 Å². The van der Waals surface area contributed by atoms with Crippen molar-refractivity contribution >= 4 is 40.1 Å². The molecule has 0 saturated heterocycles. The van der Waals surface area contributed by atoms with Crippen molar-refractivity contribution in [3.05, 3.63) is 70.8 Å².